The Hall–Kier alpha value is -2.08. The molecule has 2 N–H and O–H groups in total. The molecule has 0 radical (unpaired) electrons. The Balaban J connectivity index is 1.31. The summed E-state index contributed by atoms with van der Waals surface area (Å²) in [7, 11) is 0. The molecule has 0 bridgehead atoms. The first kappa shape index (κ1) is 16.4. The molecule has 1 aromatic carbocycles. The van der Waals surface area contributed by atoms with E-state index in [0.717, 1.165) is 25.1 Å². The van der Waals surface area contributed by atoms with Crippen LogP contribution in [0.3, 0.4) is 0 Å². The fourth-order valence-electron chi connectivity index (χ4n) is 4.02. The molecular formula is C19H25N3O3. The average molecular weight is 343 g/mol. The van der Waals surface area contributed by atoms with E-state index in [2.05, 4.69) is 10.6 Å². The molecule has 2 aliphatic heterocycles. The van der Waals surface area contributed by atoms with Crippen LogP contribution in [0.2, 0.25) is 0 Å². The number of carbonyl (C=O) groups is 2. The van der Waals surface area contributed by atoms with Gasteiger partial charge in [-0.15, -0.1) is 0 Å². The molecule has 2 amide bonds. The number of benzene rings is 1. The van der Waals surface area contributed by atoms with Crippen LogP contribution in [0.25, 0.3) is 0 Å². The van der Waals surface area contributed by atoms with Gasteiger partial charge in [-0.25, -0.2) is 0 Å². The molecule has 2 heterocycles. The van der Waals surface area contributed by atoms with E-state index in [1.807, 2.05) is 35.2 Å². The van der Waals surface area contributed by atoms with Gasteiger partial charge >= 0.3 is 0 Å². The van der Waals surface area contributed by atoms with Crippen LogP contribution in [-0.4, -0.2) is 56.0 Å². The molecule has 6 heteroatoms. The van der Waals surface area contributed by atoms with Crippen molar-refractivity contribution < 1.29 is 14.3 Å². The summed E-state index contributed by atoms with van der Waals surface area (Å²) < 4.78 is 5.63. The largest absolute Gasteiger partial charge is 0.492 e. The van der Waals surface area contributed by atoms with Gasteiger partial charge in [0.2, 0.25) is 11.8 Å². The predicted octanol–water partition coefficient (Wildman–Crippen LogP) is 0.640. The lowest BCUT2D eigenvalue weighted by Crippen LogP contribution is -2.48. The van der Waals surface area contributed by atoms with E-state index < -0.39 is 5.41 Å². The van der Waals surface area contributed by atoms with Crippen LogP contribution in [0.15, 0.2) is 30.3 Å². The summed E-state index contributed by atoms with van der Waals surface area (Å²) in [5, 5.41) is 6.36. The minimum absolute atomic E-state index is 0.0465. The van der Waals surface area contributed by atoms with Crippen LogP contribution in [-0.2, 0) is 9.59 Å². The van der Waals surface area contributed by atoms with Gasteiger partial charge in [-0.1, -0.05) is 18.2 Å². The van der Waals surface area contributed by atoms with Crippen molar-refractivity contribution in [3.05, 3.63) is 30.3 Å². The van der Waals surface area contributed by atoms with Crippen LogP contribution in [0.4, 0.5) is 0 Å². The predicted molar refractivity (Wildman–Crippen MR) is 93.0 cm³/mol. The molecular weight excluding hydrogens is 318 g/mol. The second kappa shape index (κ2) is 6.67. The molecule has 0 aromatic heterocycles. The van der Waals surface area contributed by atoms with E-state index in [1.54, 1.807) is 0 Å². The topological polar surface area (TPSA) is 70.7 Å². The maximum Gasteiger partial charge on any atom is 0.229 e. The first-order valence-corrected chi connectivity index (χ1v) is 9.15. The minimum atomic E-state index is -0.475. The number of likely N-dealkylation sites (tertiary alicyclic amines) is 1. The number of nitrogens with zero attached hydrogens (tertiary/aromatic N) is 1. The molecule has 2 saturated heterocycles. The van der Waals surface area contributed by atoms with E-state index in [-0.39, 0.29) is 23.7 Å². The Morgan fingerprint density at radius 1 is 1.28 bits per heavy atom. The van der Waals surface area contributed by atoms with Crippen LogP contribution >= 0.6 is 0 Å². The van der Waals surface area contributed by atoms with Crippen molar-refractivity contribution >= 4 is 11.8 Å². The molecule has 1 aromatic rings. The van der Waals surface area contributed by atoms with Crippen LogP contribution in [0.1, 0.15) is 12.8 Å². The third-order valence-corrected chi connectivity index (χ3v) is 5.62. The Labute approximate surface area is 147 Å². The maximum atomic E-state index is 12.9. The summed E-state index contributed by atoms with van der Waals surface area (Å²) in [4.78, 5) is 27.2. The lowest BCUT2D eigenvalue weighted by atomic mass is 9.80. The molecule has 4 rings (SSSR count). The number of amides is 2. The Morgan fingerprint density at radius 2 is 2.08 bits per heavy atom. The molecule has 3 aliphatic rings. The fourth-order valence-corrected chi connectivity index (χ4v) is 4.02. The highest BCUT2D eigenvalue weighted by Crippen LogP contribution is 2.42. The lowest BCUT2D eigenvalue weighted by molar-refractivity contribution is -0.133. The van der Waals surface area contributed by atoms with Crippen molar-refractivity contribution in [3.63, 3.8) is 0 Å². The number of nitrogens with one attached hydrogen (secondary N) is 2. The summed E-state index contributed by atoms with van der Waals surface area (Å²) in [6, 6.07) is 9.58. The number of rotatable bonds is 6. The standard InChI is InChI=1S/C19H25N3O3/c23-17(14-6-7-14)22-11-15-10-20-12-19(15,13-22)18(24)21-8-9-25-16-4-2-1-3-5-16/h1-5,14-15,20H,6-13H2,(H,21,24)/t15-,19-/m1/s1. The molecule has 2 atom stereocenters. The fraction of sp³-hybridized carbons (Fsp3) is 0.579. The quantitative estimate of drug-likeness (QED) is 0.744. The molecule has 1 saturated carbocycles. The number of hydrogen-bond acceptors (Lipinski definition) is 4. The van der Waals surface area contributed by atoms with Gasteiger partial charge in [0.05, 0.1) is 12.0 Å². The number of para-hydroxylation sites is 1. The Bertz CT molecular complexity index is 647. The van der Waals surface area contributed by atoms with Gasteiger partial charge in [-0.05, 0) is 25.0 Å². The van der Waals surface area contributed by atoms with Crippen molar-refractivity contribution in [2.75, 3.05) is 39.3 Å². The van der Waals surface area contributed by atoms with Gasteiger partial charge in [0.25, 0.3) is 0 Å². The van der Waals surface area contributed by atoms with E-state index >= 15 is 0 Å². The summed E-state index contributed by atoms with van der Waals surface area (Å²) >= 11 is 0. The van der Waals surface area contributed by atoms with Crippen molar-refractivity contribution in [2.24, 2.45) is 17.3 Å². The van der Waals surface area contributed by atoms with E-state index in [0.29, 0.717) is 32.8 Å². The summed E-state index contributed by atoms with van der Waals surface area (Å²) in [5.74, 6) is 1.52. The highest BCUT2D eigenvalue weighted by atomic mass is 16.5. The van der Waals surface area contributed by atoms with Crippen LogP contribution < -0.4 is 15.4 Å². The van der Waals surface area contributed by atoms with Crippen LogP contribution in [0, 0.1) is 17.3 Å². The smallest absolute Gasteiger partial charge is 0.229 e. The molecule has 134 valence electrons. The Morgan fingerprint density at radius 3 is 2.84 bits per heavy atom. The van der Waals surface area contributed by atoms with E-state index in [1.165, 1.54) is 0 Å². The summed E-state index contributed by atoms with van der Waals surface area (Å²) in [6.45, 7) is 3.62. The van der Waals surface area contributed by atoms with Gasteiger partial charge in [0.15, 0.2) is 0 Å². The van der Waals surface area contributed by atoms with E-state index in [4.69, 9.17) is 4.74 Å². The first-order chi connectivity index (χ1) is 12.2. The van der Waals surface area contributed by atoms with Gasteiger partial charge in [-0.3, -0.25) is 9.59 Å². The number of fused-ring (bicyclic) bond motifs is 1. The zero-order valence-electron chi connectivity index (χ0n) is 14.4. The zero-order valence-corrected chi connectivity index (χ0v) is 14.4. The van der Waals surface area contributed by atoms with Gasteiger partial charge in [-0.2, -0.15) is 0 Å². The van der Waals surface area contributed by atoms with Crippen LogP contribution in [0.5, 0.6) is 5.75 Å². The third-order valence-electron chi connectivity index (χ3n) is 5.62. The van der Waals surface area contributed by atoms with Crippen molar-refractivity contribution in [1.82, 2.24) is 15.5 Å². The van der Waals surface area contributed by atoms with Crippen molar-refractivity contribution in [1.29, 1.82) is 0 Å². The third kappa shape index (κ3) is 3.23. The number of ether oxygens (including phenoxy) is 1. The average Bonchev–Trinajstić information content (AvgIpc) is 3.29. The summed E-state index contributed by atoms with van der Waals surface area (Å²) in [6.07, 6.45) is 2.02. The monoisotopic (exact) mass is 343 g/mol. The van der Waals surface area contributed by atoms with E-state index in [9.17, 15) is 9.59 Å². The molecule has 0 spiro atoms. The van der Waals surface area contributed by atoms with Crippen molar-refractivity contribution in [2.45, 2.75) is 12.8 Å². The minimum Gasteiger partial charge on any atom is -0.492 e. The van der Waals surface area contributed by atoms with Gasteiger partial charge in [0, 0.05) is 38.0 Å². The molecule has 3 fully saturated rings. The molecule has 0 unspecified atom stereocenters. The highest BCUT2D eigenvalue weighted by molar-refractivity contribution is 5.87. The zero-order chi connectivity index (χ0) is 17.3. The second-order valence-electron chi connectivity index (χ2n) is 7.39. The SMILES string of the molecule is O=C(C1CC1)N1C[C@H]2CNC[C@@]2(C(=O)NCCOc2ccccc2)C1. The molecule has 6 nitrogen and oxygen atoms in total. The first-order valence-electron chi connectivity index (χ1n) is 9.15. The molecule has 25 heavy (non-hydrogen) atoms. The van der Waals surface area contributed by atoms with Crippen molar-refractivity contribution in [3.8, 4) is 5.75 Å². The molecule has 1 aliphatic carbocycles. The summed E-state index contributed by atoms with van der Waals surface area (Å²) in [5.41, 5.74) is -0.475. The second-order valence-corrected chi connectivity index (χ2v) is 7.39. The number of carbonyl (C=O) groups excluding carboxylic acids is 2. The highest BCUT2D eigenvalue weighted by Gasteiger charge is 2.56. The maximum absolute atomic E-state index is 12.9. The normalized spacial score (nSPS) is 27.8. The lowest BCUT2D eigenvalue weighted by Gasteiger charge is -2.26. The Kier molecular flexibility index (Phi) is 4.37. The number of hydrogen-bond donors (Lipinski definition) is 2. The van der Waals surface area contributed by atoms with Gasteiger partial charge < -0.3 is 20.3 Å². The van der Waals surface area contributed by atoms with Gasteiger partial charge in [0.1, 0.15) is 12.4 Å².